The molecular weight excluding hydrogens is 278 g/mol. The number of carboxylic acids is 1. The Bertz CT molecular complexity index is 638. The van der Waals surface area contributed by atoms with Gasteiger partial charge in [-0.1, -0.05) is 12.1 Å². The highest BCUT2D eigenvalue weighted by Gasteiger charge is 1.99. The van der Waals surface area contributed by atoms with Crippen LogP contribution in [0.2, 0.25) is 0 Å². The SMILES string of the molecule is O=C([O-])c1cccc(NC(=S)NN=Cc2ccco2)c1. The number of carboxylic acid groups (broad SMARTS) is 1. The first-order valence-corrected chi connectivity index (χ1v) is 6.01. The Morgan fingerprint density at radius 2 is 2.20 bits per heavy atom. The van der Waals surface area contributed by atoms with Crippen molar-refractivity contribution in [3.63, 3.8) is 0 Å². The van der Waals surface area contributed by atoms with Crippen LogP contribution in [0.4, 0.5) is 5.69 Å². The van der Waals surface area contributed by atoms with Gasteiger partial charge in [-0.25, -0.2) is 0 Å². The van der Waals surface area contributed by atoms with Crippen molar-refractivity contribution in [2.45, 2.75) is 0 Å². The first-order valence-electron chi connectivity index (χ1n) is 5.60. The number of benzene rings is 1. The van der Waals surface area contributed by atoms with E-state index in [4.69, 9.17) is 16.6 Å². The monoisotopic (exact) mass is 288 g/mol. The van der Waals surface area contributed by atoms with Crippen molar-refractivity contribution in [2.75, 3.05) is 5.32 Å². The molecule has 0 unspecified atom stereocenters. The van der Waals surface area contributed by atoms with Gasteiger partial charge in [0.1, 0.15) is 5.76 Å². The summed E-state index contributed by atoms with van der Waals surface area (Å²) in [7, 11) is 0. The summed E-state index contributed by atoms with van der Waals surface area (Å²) in [4.78, 5) is 10.7. The molecule has 0 fully saturated rings. The molecule has 20 heavy (non-hydrogen) atoms. The van der Waals surface area contributed by atoms with Crippen molar-refractivity contribution in [2.24, 2.45) is 5.10 Å². The predicted molar refractivity (Wildman–Crippen MR) is 76.4 cm³/mol. The molecule has 0 aliphatic rings. The van der Waals surface area contributed by atoms with Crippen LogP contribution in [0.5, 0.6) is 0 Å². The molecule has 2 aromatic rings. The lowest BCUT2D eigenvalue weighted by Gasteiger charge is -2.09. The zero-order chi connectivity index (χ0) is 14.4. The van der Waals surface area contributed by atoms with Crippen LogP contribution in [0.1, 0.15) is 16.1 Å². The second kappa shape index (κ2) is 6.48. The van der Waals surface area contributed by atoms with Gasteiger partial charge in [-0.2, -0.15) is 5.10 Å². The van der Waals surface area contributed by atoms with E-state index in [1.165, 1.54) is 24.6 Å². The highest BCUT2D eigenvalue weighted by atomic mass is 32.1. The van der Waals surface area contributed by atoms with E-state index in [1.807, 2.05) is 0 Å². The quantitative estimate of drug-likeness (QED) is 0.495. The molecule has 0 aliphatic heterocycles. The largest absolute Gasteiger partial charge is 0.545 e. The van der Waals surface area contributed by atoms with Gasteiger partial charge in [-0.15, -0.1) is 0 Å². The van der Waals surface area contributed by atoms with Crippen molar-refractivity contribution in [3.8, 4) is 0 Å². The second-order valence-electron chi connectivity index (χ2n) is 3.71. The fourth-order valence-corrected chi connectivity index (χ4v) is 1.57. The average molecular weight is 288 g/mol. The molecule has 6 nitrogen and oxygen atoms in total. The molecule has 0 saturated carbocycles. The van der Waals surface area contributed by atoms with Gasteiger partial charge in [0.15, 0.2) is 5.11 Å². The number of carbonyl (C=O) groups is 1. The maximum absolute atomic E-state index is 10.7. The fraction of sp³-hybridized carbons (Fsp3) is 0. The standard InChI is InChI=1S/C13H11N3O3S/c17-12(18)9-3-1-4-10(7-9)15-13(20)16-14-8-11-5-2-6-19-11/h1-8H,(H,17,18)(H2,15,16,20)/p-1. The minimum absolute atomic E-state index is 0.0666. The molecule has 2 rings (SSSR count). The molecular formula is C13H10N3O3S-. The van der Waals surface area contributed by atoms with Crippen LogP contribution in [0, 0.1) is 0 Å². The first kappa shape index (κ1) is 13.8. The highest BCUT2D eigenvalue weighted by molar-refractivity contribution is 7.80. The highest BCUT2D eigenvalue weighted by Crippen LogP contribution is 2.09. The Kier molecular flexibility index (Phi) is 4.46. The molecule has 0 atom stereocenters. The molecule has 1 aromatic carbocycles. The molecule has 7 heteroatoms. The number of hydrogen-bond donors (Lipinski definition) is 2. The minimum atomic E-state index is -1.25. The molecule has 0 radical (unpaired) electrons. The third-order valence-electron chi connectivity index (χ3n) is 2.26. The second-order valence-corrected chi connectivity index (χ2v) is 4.12. The summed E-state index contributed by atoms with van der Waals surface area (Å²) in [6, 6.07) is 9.60. The van der Waals surface area contributed by atoms with Gasteiger partial charge >= 0.3 is 0 Å². The topological polar surface area (TPSA) is 89.7 Å². The molecule has 1 heterocycles. The van der Waals surface area contributed by atoms with Crippen molar-refractivity contribution in [3.05, 3.63) is 54.0 Å². The Hall–Kier alpha value is -2.67. The van der Waals surface area contributed by atoms with Gasteiger partial charge in [0.25, 0.3) is 0 Å². The molecule has 0 bridgehead atoms. The van der Waals surface area contributed by atoms with Gasteiger partial charge in [-0.05, 0) is 42.0 Å². The number of aromatic carboxylic acids is 1. The number of hydrogen-bond acceptors (Lipinski definition) is 5. The number of nitrogens with one attached hydrogen (secondary N) is 2. The van der Waals surface area contributed by atoms with Crippen molar-refractivity contribution in [1.29, 1.82) is 0 Å². The Balaban J connectivity index is 1.91. The number of anilines is 1. The van der Waals surface area contributed by atoms with Crippen molar-refractivity contribution >= 4 is 35.2 Å². The van der Waals surface area contributed by atoms with Crippen molar-refractivity contribution < 1.29 is 14.3 Å². The number of nitrogens with zero attached hydrogens (tertiary/aromatic N) is 1. The summed E-state index contributed by atoms with van der Waals surface area (Å²) in [6.07, 6.45) is 2.99. The number of furan rings is 1. The normalized spacial score (nSPS) is 10.4. The van der Waals surface area contributed by atoms with Gasteiger partial charge < -0.3 is 19.6 Å². The Morgan fingerprint density at radius 3 is 2.90 bits per heavy atom. The van der Waals surface area contributed by atoms with Gasteiger partial charge in [0, 0.05) is 5.69 Å². The van der Waals surface area contributed by atoms with E-state index in [0.717, 1.165) is 0 Å². The zero-order valence-electron chi connectivity index (χ0n) is 10.2. The van der Waals surface area contributed by atoms with Crippen LogP contribution in [0.15, 0.2) is 52.2 Å². The number of hydrazone groups is 1. The van der Waals surface area contributed by atoms with E-state index >= 15 is 0 Å². The maximum Gasteiger partial charge on any atom is 0.191 e. The third-order valence-corrected chi connectivity index (χ3v) is 2.45. The first-order chi connectivity index (χ1) is 9.65. The van der Waals surface area contributed by atoms with E-state index in [-0.39, 0.29) is 10.7 Å². The van der Waals surface area contributed by atoms with Crippen LogP contribution in [0.25, 0.3) is 0 Å². The molecule has 0 saturated heterocycles. The van der Waals surface area contributed by atoms with E-state index in [0.29, 0.717) is 11.4 Å². The summed E-state index contributed by atoms with van der Waals surface area (Å²) in [5, 5.41) is 17.6. The summed E-state index contributed by atoms with van der Waals surface area (Å²) >= 11 is 5.01. The summed E-state index contributed by atoms with van der Waals surface area (Å²) in [5.74, 6) is -0.664. The molecule has 2 N–H and O–H groups in total. The summed E-state index contributed by atoms with van der Waals surface area (Å²) in [5.41, 5.74) is 3.18. The Labute approximate surface area is 120 Å². The van der Waals surface area contributed by atoms with E-state index < -0.39 is 5.97 Å². The van der Waals surface area contributed by atoms with Crippen LogP contribution < -0.4 is 15.8 Å². The van der Waals surface area contributed by atoms with Gasteiger partial charge in [-0.3, -0.25) is 5.43 Å². The lowest BCUT2D eigenvalue weighted by molar-refractivity contribution is -0.255. The van der Waals surface area contributed by atoms with E-state index in [9.17, 15) is 9.90 Å². The zero-order valence-corrected chi connectivity index (χ0v) is 11.0. The predicted octanol–water partition coefficient (Wildman–Crippen LogP) is 0.964. The fourth-order valence-electron chi connectivity index (χ4n) is 1.40. The third kappa shape index (κ3) is 3.92. The average Bonchev–Trinajstić information content (AvgIpc) is 2.92. The number of carbonyl (C=O) groups excluding carboxylic acids is 1. The summed E-state index contributed by atoms with van der Waals surface area (Å²) in [6.45, 7) is 0. The minimum Gasteiger partial charge on any atom is -0.545 e. The van der Waals surface area contributed by atoms with Gasteiger partial charge in [0.05, 0.1) is 18.4 Å². The summed E-state index contributed by atoms with van der Waals surface area (Å²) < 4.78 is 5.05. The van der Waals surface area contributed by atoms with Crippen LogP contribution in [0.3, 0.4) is 0 Å². The van der Waals surface area contributed by atoms with Crippen LogP contribution in [-0.4, -0.2) is 17.3 Å². The van der Waals surface area contributed by atoms with E-state index in [1.54, 1.807) is 24.3 Å². The lowest BCUT2D eigenvalue weighted by atomic mass is 10.2. The van der Waals surface area contributed by atoms with E-state index in [2.05, 4.69) is 15.8 Å². The van der Waals surface area contributed by atoms with Crippen LogP contribution in [-0.2, 0) is 0 Å². The molecule has 102 valence electrons. The lowest BCUT2D eigenvalue weighted by Crippen LogP contribution is -2.25. The molecule has 0 spiro atoms. The smallest absolute Gasteiger partial charge is 0.191 e. The maximum atomic E-state index is 10.7. The Morgan fingerprint density at radius 1 is 1.35 bits per heavy atom. The van der Waals surface area contributed by atoms with Crippen molar-refractivity contribution in [1.82, 2.24) is 5.43 Å². The molecule has 0 amide bonds. The van der Waals surface area contributed by atoms with Crippen LogP contribution >= 0.6 is 12.2 Å². The number of rotatable bonds is 4. The molecule has 0 aliphatic carbocycles. The van der Waals surface area contributed by atoms with Gasteiger partial charge in [0.2, 0.25) is 0 Å². The number of thiocarbonyl (C=S) groups is 1. The molecule has 1 aromatic heterocycles.